The highest BCUT2D eigenvalue weighted by Crippen LogP contribution is 2.24. The molecule has 0 bridgehead atoms. The molecule has 24 heavy (non-hydrogen) atoms. The number of hydrogen-bond donors (Lipinski definition) is 0. The number of likely N-dealkylation sites (tertiary alicyclic amines) is 1. The summed E-state index contributed by atoms with van der Waals surface area (Å²) in [5.74, 6) is 0.547. The van der Waals surface area contributed by atoms with Gasteiger partial charge >= 0.3 is 6.09 Å². The first-order valence-corrected chi connectivity index (χ1v) is 8.91. The van der Waals surface area contributed by atoms with Gasteiger partial charge in [0.25, 0.3) is 0 Å². The molecule has 0 radical (unpaired) electrons. The van der Waals surface area contributed by atoms with Crippen LogP contribution in [0.1, 0.15) is 52.0 Å². The van der Waals surface area contributed by atoms with Crippen LogP contribution in [0, 0.1) is 5.92 Å². The number of rotatable bonds is 6. The smallest absolute Gasteiger partial charge is 0.410 e. The van der Waals surface area contributed by atoms with E-state index >= 15 is 0 Å². The number of benzene rings is 1. The lowest BCUT2D eigenvalue weighted by atomic mass is 9.91. The number of piperidine rings is 1. The van der Waals surface area contributed by atoms with E-state index < -0.39 is 5.60 Å². The summed E-state index contributed by atoms with van der Waals surface area (Å²) in [6.07, 6.45) is 5.19. The molecule has 1 aromatic carbocycles. The number of ether oxygens (including phenoxy) is 1. The van der Waals surface area contributed by atoms with Gasteiger partial charge in [-0.3, -0.25) is 4.79 Å². The van der Waals surface area contributed by atoms with Crippen LogP contribution >= 0.6 is 0 Å². The van der Waals surface area contributed by atoms with Crippen molar-refractivity contribution in [1.82, 2.24) is 4.90 Å². The first-order valence-electron chi connectivity index (χ1n) is 8.91. The fraction of sp³-hybridized carbons (Fsp3) is 0.600. The zero-order chi connectivity index (χ0) is 17.6. The molecule has 1 fully saturated rings. The fourth-order valence-corrected chi connectivity index (χ4v) is 3.00. The van der Waals surface area contributed by atoms with E-state index in [2.05, 4.69) is 24.3 Å². The van der Waals surface area contributed by atoms with Crippen molar-refractivity contribution in [2.45, 2.75) is 58.5 Å². The first kappa shape index (κ1) is 18.5. The molecule has 0 spiro atoms. The summed E-state index contributed by atoms with van der Waals surface area (Å²) in [4.78, 5) is 25.4. The monoisotopic (exact) mass is 331 g/mol. The van der Waals surface area contributed by atoms with Crippen LogP contribution in [0.2, 0.25) is 0 Å². The number of carbonyl (C=O) groups excluding carboxylic acids is 2. The van der Waals surface area contributed by atoms with Crippen LogP contribution in [0.15, 0.2) is 30.3 Å². The Kier molecular flexibility index (Phi) is 6.41. The lowest BCUT2D eigenvalue weighted by molar-refractivity contribution is -0.133. The van der Waals surface area contributed by atoms with Gasteiger partial charge in [-0.15, -0.1) is 0 Å². The van der Waals surface area contributed by atoms with Crippen LogP contribution < -0.4 is 0 Å². The van der Waals surface area contributed by atoms with Gasteiger partial charge in [0.05, 0.1) is 0 Å². The normalized spacial score (nSPS) is 16.0. The number of Topliss-reactive ketones (excluding diaryl/α,β-unsaturated/α-hetero) is 1. The third kappa shape index (κ3) is 5.36. The van der Waals surface area contributed by atoms with E-state index in [1.54, 1.807) is 18.7 Å². The number of aryl methyl sites for hydroxylation is 1. The molecule has 132 valence electrons. The number of hydrogen-bond acceptors (Lipinski definition) is 3. The van der Waals surface area contributed by atoms with Gasteiger partial charge in [-0.05, 0) is 64.4 Å². The molecule has 1 aliphatic rings. The van der Waals surface area contributed by atoms with Crippen LogP contribution in [-0.4, -0.2) is 35.5 Å². The summed E-state index contributed by atoms with van der Waals surface area (Å²) < 4.78 is 5.35. The molecule has 4 heteroatoms. The van der Waals surface area contributed by atoms with E-state index in [9.17, 15) is 9.59 Å². The summed E-state index contributed by atoms with van der Waals surface area (Å²) >= 11 is 0. The van der Waals surface area contributed by atoms with Gasteiger partial charge < -0.3 is 9.64 Å². The Hall–Kier alpha value is -1.84. The van der Waals surface area contributed by atoms with E-state index in [1.807, 2.05) is 6.07 Å². The second-order valence-corrected chi connectivity index (χ2v) is 7.24. The minimum absolute atomic E-state index is 0.133. The van der Waals surface area contributed by atoms with Crippen LogP contribution in [0.3, 0.4) is 0 Å². The van der Waals surface area contributed by atoms with Gasteiger partial charge in [-0.2, -0.15) is 0 Å². The van der Waals surface area contributed by atoms with Crippen LogP contribution in [0.5, 0.6) is 0 Å². The van der Waals surface area contributed by atoms with Crippen molar-refractivity contribution < 1.29 is 14.3 Å². The molecule has 1 aromatic rings. The maximum atomic E-state index is 12.2. The molecule has 0 atom stereocenters. The van der Waals surface area contributed by atoms with E-state index in [0.29, 0.717) is 5.92 Å². The van der Waals surface area contributed by atoms with E-state index in [-0.39, 0.29) is 11.9 Å². The second kappa shape index (κ2) is 8.32. The Labute approximate surface area is 145 Å². The van der Waals surface area contributed by atoms with Gasteiger partial charge in [-0.1, -0.05) is 30.3 Å². The maximum absolute atomic E-state index is 12.2. The molecular weight excluding hydrogens is 302 g/mol. The average Bonchev–Trinajstić information content (AvgIpc) is 2.56. The molecule has 0 N–H and O–H groups in total. The van der Waals surface area contributed by atoms with Gasteiger partial charge in [0.2, 0.25) is 0 Å². The van der Waals surface area contributed by atoms with Crippen molar-refractivity contribution in [3.63, 3.8) is 0 Å². The fourth-order valence-electron chi connectivity index (χ4n) is 3.00. The highest BCUT2D eigenvalue weighted by Gasteiger charge is 2.32. The molecule has 1 heterocycles. The van der Waals surface area contributed by atoms with E-state index in [1.165, 1.54) is 25.3 Å². The molecule has 1 saturated heterocycles. The average molecular weight is 331 g/mol. The maximum Gasteiger partial charge on any atom is 0.410 e. The topological polar surface area (TPSA) is 46.6 Å². The highest BCUT2D eigenvalue weighted by molar-refractivity contribution is 5.86. The zero-order valence-electron chi connectivity index (χ0n) is 15.1. The van der Waals surface area contributed by atoms with E-state index in [4.69, 9.17) is 4.74 Å². The van der Waals surface area contributed by atoms with Gasteiger partial charge in [0.1, 0.15) is 0 Å². The third-order valence-electron chi connectivity index (χ3n) is 4.98. The molecule has 1 aliphatic heterocycles. The van der Waals surface area contributed by atoms with Gasteiger partial charge in [0, 0.05) is 13.1 Å². The zero-order valence-corrected chi connectivity index (χ0v) is 15.1. The van der Waals surface area contributed by atoms with Crippen molar-refractivity contribution >= 4 is 11.9 Å². The molecule has 2 rings (SSSR count). The summed E-state index contributed by atoms with van der Waals surface area (Å²) in [5.41, 5.74) is 0.355. The Bertz CT molecular complexity index is 545. The highest BCUT2D eigenvalue weighted by atomic mass is 16.6. The van der Waals surface area contributed by atoms with Crippen LogP contribution in [0.4, 0.5) is 4.79 Å². The number of nitrogens with zero attached hydrogens (tertiary/aromatic N) is 1. The van der Waals surface area contributed by atoms with Gasteiger partial charge in [-0.25, -0.2) is 4.79 Å². The Morgan fingerprint density at radius 3 is 2.38 bits per heavy atom. The minimum atomic E-state index is -1.04. The lowest BCUT2D eigenvalue weighted by Gasteiger charge is -2.33. The molecule has 0 saturated carbocycles. The summed E-state index contributed by atoms with van der Waals surface area (Å²) in [6, 6.07) is 10.6. The number of amides is 1. The predicted molar refractivity (Wildman–Crippen MR) is 94.9 cm³/mol. The minimum Gasteiger partial charge on any atom is -0.435 e. The Balaban J connectivity index is 1.69. The quantitative estimate of drug-likeness (QED) is 0.784. The van der Waals surface area contributed by atoms with Gasteiger partial charge in [0.15, 0.2) is 11.4 Å². The molecule has 0 aliphatic carbocycles. The van der Waals surface area contributed by atoms with Crippen molar-refractivity contribution in [2.24, 2.45) is 5.92 Å². The number of ketones is 1. The largest absolute Gasteiger partial charge is 0.435 e. The summed E-state index contributed by atoms with van der Waals surface area (Å²) in [5, 5.41) is 0. The first-order chi connectivity index (χ1) is 11.4. The summed E-state index contributed by atoms with van der Waals surface area (Å²) in [7, 11) is 0. The summed E-state index contributed by atoms with van der Waals surface area (Å²) in [6.45, 7) is 6.19. The third-order valence-corrected chi connectivity index (χ3v) is 4.98. The van der Waals surface area contributed by atoms with Crippen molar-refractivity contribution in [1.29, 1.82) is 0 Å². The lowest BCUT2D eigenvalue weighted by Crippen LogP contribution is -2.44. The molecule has 0 unspecified atom stereocenters. The Morgan fingerprint density at radius 2 is 1.79 bits per heavy atom. The van der Waals surface area contributed by atoms with Crippen LogP contribution in [0.25, 0.3) is 0 Å². The van der Waals surface area contributed by atoms with Crippen LogP contribution in [-0.2, 0) is 16.0 Å². The SMILES string of the molecule is CC(=O)C(C)(C)OC(=O)N1CCC(CCCc2ccccc2)CC1. The van der Waals surface area contributed by atoms with Crippen molar-refractivity contribution in [2.75, 3.05) is 13.1 Å². The standard InChI is InChI=1S/C20H29NO3/c1-16(22)20(2,3)24-19(23)21-14-12-18(13-15-21)11-7-10-17-8-5-4-6-9-17/h4-6,8-9,18H,7,10-15H2,1-3H3. The molecule has 1 amide bonds. The second-order valence-electron chi connectivity index (χ2n) is 7.24. The molecule has 4 nitrogen and oxygen atoms in total. The van der Waals surface area contributed by atoms with E-state index in [0.717, 1.165) is 32.4 Å². The molecule has 0 aromatic heterocycles. The molecular formula is C20H29NO3. The Morgan fingerprint density at radius 1 is 1.17 bits per heavy atom. The predicted octanol–water partition coefficient (Wildman–Crippen LogP) is 4.23. The number of carbonyl (C=O) groups is 2. The van der Waals surface area contributed by atoms with Crippen molar-refractivity contribution in [3.8, 4) is 0 Å². The van der Waals surface area contributed by atoms with Crippen molar-refractivity contribution in [3.05, 3.63) is 35.9 Å².